The van der Waals surface area contributed by atoms with Crippen LogP contribution in [-0.2, 0) is 4.79 Å². The number of amides is 2. The number of aromatic nitrogens is 2. The van der Waals surface area contributed by atoms with Crippen LogP contribution in [0.1, 0.15) is 31.4 Å². The lowest BCUT2D eigenvalue weighted by atomic mass is 10.0. The van der Waals surface area contributed by atoms with Crippen molar-refractivity contribution in [2.45, 2.75) is 31.7 Å². The molecule has 3 fully saturated rings. The SMILES string of the molecule is CN1C(=O)S/C(=C\c2ccnc(N3CCC(N4CCCC4)CC3)n2)C1=O. The second-order valence-corrected chi connectivity index (χ2v) is 7.98. The smallest absolute Gasteiger partial charge is 0.293 e. The van der Waals surface area contributed by atoms with Gasteiger partial charge in [-0.1, -0.05) is 0 Å². The zero-order chi connectivity index (χ0) is 18.1. The maximum atomic E-state index is 12.0. The normalized spacial score (nSPS) is 24.3. The van der Waals surface area contributed by atoms with Crippen molar-refractivity contribution >= 4 is 34.9 Å². The number of piperidine rings is 1. The summed E-state index contributed by atoms with van der Waals surface area (Å²) in [5.41, 5.74) is 0.663. The van der Waals surface area contributed by atoms with Crippen LogP contribution in [0.5, 0.6) is 0 Å². The molecule has 0 aliphatic carbocycles. The Morgan fingerprint density at radius 1 is 1.15 bits per heavy atom. The minimum atomic E-state index is -0.272. The van der Waals surface area contributed by atoms with Crippen molar-refractivity contribution in [3.05, 3.63) is 22.9 Å². The summed E-state index contributed by atoms with van der Waals surface area (Å²) >= 11 is 0.951. The van der Waals surface area contributed by atoms with Crippen LogP contribution in [0.4, 0.5) is 10.7 Å². The van der Waals surface area contributed by atoms with E-state index in [9.17, 15) is 9.59 Å². The third-order valence-electron chi connectivity index (χ3n) is 5.33. The molecule has 0 bridgehead atoms. The van der Waals surface area contributed by atoms with Gasteiger partial charge in [0.05, 0.1) is 10.6 Å². The molecule has 1 aromatic heterocycles. The van der Waals surface area contributed by atoms with Gasteiger partial charge in [-0.3, -0.25) is 14.5 Å². The number of nitrogens with zero attached hydrogens (tertiary/aromatic N) is 5. The minimum absolute atomic E-state index is 0.250. The van der Waals surface area contributed by atoms with Gasteiger partial charge < -0.3 is 9.80 Å². The minimum Gasteiger partial charge on any atom is -0.341 e. The highest BCUT2D eigenvalue weighted by Crippen LogP contribution is 2.31. The number of hydrogen-bond donors (Lipinski definition) is 0. The van der Waals surface area contributed by atoms with Crippen molar-refractivity contribution in [1.82, 2.24) is 19.8 Å². The van der Waals surface area contributed by atoms with Gasteiger partial charge in [-0.05, 0) is 62.7 Å². The fourth-order valence-corrected chi connectivity index (χ4v) is 4.62. The van der Waals surface area contributed by atoms with E-state index in [-0.39, 0.29) is 11.1 Å². The first kappa shape index (κ1) is 17.5. The van der Waals surface area contributed by atoms with Crippen LogP contribution in [0.25, 0.3) is 6.08 Å². The molecule has 3 aliphatic heterocycles. The average Bonchev–Trinajstić information content (AvgIpc) is 3.28. The second-order valence-electron chi connectivity index (χ2n) is 6.98. The van der Waals surface area contributed by atoms with Crippen LogP contribution in [0.2, 0.25) is 0 Å². The molecule has 0 aromatic carbocycles. The summed E-state index contributed by atoms with van der Waals surface area (Å²) < 4.78 is 0. The standard InChI is InChI=1S/C18H23N5O2S/c1-21-16(24)15(26-18(21)25)12-13-4-7-19-17(20-13)23-10-5-14(6-11-23)22-8-2-3-9-22/h4,7,12,14H,2-3,5-6,8-11H2,1H3/b15-12-. The van der Waals surface area contributed by atoms with E-state index in [2.05, 4.69) is 19.8 Å². The van der Waals surface area contributed by atoms with Crippen molar-refractivity contribution in [3.63, 3.8) is 0 Å². The molecule has 0 radical (unpaired) electrons. The maximum absolute atomic E-state index is 12.0. The van der Waals surface area contributed by atoms with Gasteiger partial charge in [0.25, 0.3) is 11.1 Å². The summed E-state index contributed by atoms with van der Waals surface area (Å²) in [7, 11) is 1.49. The molecule has 0 spiro atoms. The van der Waals surface area contributed by atoms with E-state index in [0.717, 1.165) is 42.6 Å². The maximum Gasteiger partial charge on any atom is 0.293 e. The van der Waals surface area contributed by atoms with Gasteiger partial charge in [0.2, 0.25) is 5.95 Å². The van der Waals surface area contributed by atoms with Gasteiger partial charge in [0.1, 0.15) is 0 Å². The van der Waals surface area contributed by atoms with E-state index in [0.29, 0.717) is 22.6 Å². The molecule has 4 heterocycles. The molecule has 4 rings (SSSR count). The van der Waals surface area contributed by atoms with Crippen molar-refractivity contribution in [2.75, 3.05) is 38.1 Å². The quantitative estimate of drug-likeness (QED) is 0.752. The predicted octanol–water partition coefficient (Wildman–Crippen LogP) is 2.21. The van der Waals surface area contributed by atoms with E-state index in [1.54, 1.807) is 18.3 Å². The van der Waals surface area contributed by atoms with E-state index in [1.807, 2.05) is 0 Å². The fraction of sp³-hybridized carbons (Fsp3) is 0.556. The zero-order valence-corrected chi connectivity index (χ0v) is 15.7. The number of likely N-dealkylation sites (tertiary alicyclic amines) is 1. The molecule has 8 heteroatoms. The van der Waals surface area contributed by atoms with Gasteiger partial charge >= 0.3 is 0 Å². The lowest BCUT2D eigenvalue weighted by molar-refractivity contribution is -0.121. The van der Waals surface area contributed by atoms with Gasteiger partial charge in [-0.15, -0.1) is 0 Å². The monoisotopic (exact) mass is 373 g/mol. The Morgan fingerprint density at radius 3 is 2.54 bits per heavy atom. The second kappa shape index (κ2) is 7.36. The van der Waals surface area contributed by atoms with Gasteiger partial charge in [-0.2, -0.15) is 0 Å². The molecule has 0 unspecified atom stereocenters. The Hall–Kier alpha value is -1.93. The Balaban J connectivity index is 1.43. The molecule has 3 saturated heterocycles. The number of hydrogen-bond acceptors (Lipinski definition) is 7. The molecule has 0 N–H and O–H groups in total. The summed E-state index contributed by atoms with van der Waals surface area (Å²) in [5.74, 6) is 0.431. The predicted molar refractivity (Wildman–Crippen MR) is 102 cm³/mol. The highest BCUT2D eigenvalue weighted by molar-refractivity contribution is 8.18. The third-order valence-corrected chi connectivity index (χ3v) is 6.30. The first-order chi connectivity index (χ1) is 12.6. The third kappa shape index (κ3) is 3.48. The van der Waals surface area contributed by atoms with Gasteiger partial charge in [0, 0.05) is 32.4 Å². The summed E-state index contributed by atoms with van der Waals surface area (Å²) in [6, 6.07) is 2.46. The van der Waals surface area contributed by atoms with Crippen LogP contribution in [0.3, 0.4) is 0 Å². The number of thioether (sulfide) groups is 1. The molecule has 138 valence electrons. The lowest BCUT2D eigenvalue weighted by Crippen LogP contribution is -2.44. The molecule has 26 heavy (non-hydrogen) atoms. The number of carbonyl (C=O) groups is 2. The Kier molecular flexibility index (Phi) is 4.95. The molecular formula is C18H23N5O2S. The summed E-state index contributed by atoms with van der Waals surface area (Å²) in [5, 5.41) is -0.250. The van der Waals surface area contributed by atoms with Crippen molar-refractivity contribution in [3.8, 4) is 0 Å². The lowest BCUT2D eigenvalue weighted by Gasteiger charge is -2.36. The molecule has 2 amide bonds. The first-order valence-electron chi connectivity index (χ1n) is 9.15. The van der Waals surface area contributed by atoms with E-state index in [1.165, 1.54) is 33.0 Å². The van der Waals surface area contributed by atoms with Crippen LogP contribution in [0, 0.1) is 0 Å². The molecule has 0 atom stereocenters. The summed E-state index contributed by atoms with van der Waals surface area (Å²) in [6.45, 7) is 4.39. The number of imide groups is 1. The molecule has 0 saturated carbocycles. The fourth-order valence-electron chi connectivity index (χ4n) is 3.81. The molecule has 3 aliphatic rings. The largest absolute Gasteiger partial charge is 0.341 e. The number of carbonyl (C=O) groups excluding carboxylic acids is 2. The van der Waals surface area contributed by atoms with Crippen LogP contribution >= 0.6 is 11.8 Å². The van der Waals surface area contributed by atoms with Crippen LogP contribution in [0.15, 0.2) is 17.2 Å². The van der Waals surface area contributed by atoms with Crippen molar-refractivity contribution in [2.24, 2.45) is 0 Å². The zero-order valence-electron chi connectivity index (χ0n) is 14.9. The molecule has 7 nitrogen and oxygen atoms in total. The van der Waals surface area contributed by atoms with E-state index < -0.39 is 0 Å². The van der Waals surface area contributed by atoms with Gasteiger partial charge in [0.15, 0.2) is 0 Å². The van der Waals surface area contributed by atoms with E-state index in [4.69, 9.17) is 0 Å². The van der Waals surface area contributed by atoms with Crippen molar-refractivity contribution < 1.29 is 9.59 Å². The summed E-state index contributed by atoms with van der Waals surface area (Å²) in [4.78, 5) is 39.0. The number of likely N-dealkylation sites (N-methyl/N-ethyl adjacent to an activating group) is 1. The van der Waals surface area contributed by atoms with Crippen LogP contribution < -0.4 is 4.90 Å². The van der Waals surface area contributed by atoms with Gasteiger partial charge in [-0.25, -0.2) is 9.97 Å². The highest BCUT2D eigenvalue weighted by atomic mass is 32.2. The topological polar surface area (TPSA) is 69.6 Å². The van der Waals surface area contributed by atoms with E-state index >= 15 is 0 Å². The Bertz CT molecular complexity index is 739. The molecular weight excluding hydrogens is 350 g/mol. The van der Waals surface area contributed by atoms with Crippen LogP contribution in [-0.4, -0.2) is 70.2 Å². The van der Waals surface area contributed by atoms with Crippen molar-refractivity contribution in [1.29, 1.82) is 0 Å². The number of rotatable bonds is 3. The number of anilines is 1. The molecule has 1 aromatic rings. The summed E-state index contributed by atoms with van der Waals surface area (Å²) in [6.07, 6.45) is 8.33. The highest BCUT2D eigenvalue weighted by Gasteiger charge is 2.32. The Morgan fingerprint density at radius 2 is 1.88 bits per heavy atom. The average molecular weight is 373 g/mol. The Labute approximate surface area is 157 Å². The first-order valence-corrected chi connectivity index (χ1v) is 9.97.